The van der Waals surface area contributed by atoms with Gasteiger partial charge in [-0.25, -0.2) is 14.8 Å². The van der Waals surface area contributed by atoms with Gasteiger partial charge in [-0.1, -0.05) is 48.5 Å². The van der Waals surface area contributed by atoms with E-state index in [0.29, 0.717) is 0 Å². The Morgan fingerprint density at radius 3 is 1.42 bits per heavy atom. The van der Waals surface area contributed by atoms with Crippen molar-refractivity contribution in [2.45, 2.75) is 12.8 Å². The lowest BCUT2D eigenvalue weighted by Gasteiger charge is -2.09. The van der Waals surface area contributed by atoms with Crippen molar-refractivity contribution in [1.29, 1.82) is 0 Å². The topological polar surface area (TPSA) is 66.9 Å². The van der Waals surface area contributed by atoms with Gasteiger partial charge >= 0.3 is 6.03 Å². The van der Waals surface area contributed by atoms with Crippen molar-refractivity contribution in [3.8, 4) is 0 Å². The Labute approximate surface area is 216 Å². The lowest BCUT2D eigenvalue weighted by atomic mass is 10.1. The van der Waals surface area contributed by atoms with Crippen LogP contribution in [0.3, 0.4) is 0 Å². The van der Waals surface area contributed by atoms with Gasteiger partial charge in [0.1, 0.15) is 0 Å². The van der Waals surface area contributed by atoms with Crippen LogP contribution < -0.4 is 10.6 Å². The Bertz CT molecular complexity index is 1460. The molecule has 4 aromatic carbocycles. The van der Waals surface area contributed by atoms with E-state index in [1.54, 1.807) is 22.7 Å². The van der Waals surface area contributed by atoms with Gasteiger partial charge in [0.25, 0.3) is 0 Å². The molecule has 6 aromatic rings. The second-order valence-corrected chi connectivity index (χ2v) is 10.7. The molecule has 2 N–H and O–H groups in total. The van der Waals surface area contributed by atoms with Gasteiger partial charge in [-0.05, 0) is 59.7 Å². The van der Waals surface area contributed by atoms with E-state index in [-0.39, 0.29) is 6.03 Å². The Morgan fingerprint density at radius 2 is 1.00 bits per heavy atom. The third kappa shape index (κ3) is 5.12. The molecule has 0 saturated heterocycles. The van der Waals surface area contributed by atoms with Gasteiger partial charge in [-0.3, -0.25) is 0 Å². The van der Waals surface area contributed by atoms with Crippen LogP contribution in [0.2, 0.25) is 0 Å². The first kappa shape index (κ1) is 22.4. The van der Waals surface area contributed by atoms with Gasteiger partial charge in [-0.15, -0.1) is 22.7 Å². The SMILES string of the molecule is O=C(Nc1ccc(Cc2nc3ccccc3s2)cc1)Nc1ccc(Cc2nc3ccccc3s2)cc1. The fourth-order valence-corrected chi connectivity index (χ4v) is 6.05. The number of thiazole rings is 2. The number of amides is 2. The number of rotatable bonds is 6. The smallest absolute Gasteiger partial charge is 0.308 e. The number of benzene rings is 4. The fourth-order valence-electron chi connectivity index (χ4n) is 4.05. The first-order chi connectivity index (χ1) is 17.7. The summed E-state index contributed by atoms with van der Waals surface area (Å²) in [6.45, 7) is 0. The minimum Gasteiger partial charge on any atom is -0.308 e. The summed E-state index contributed by atoms with van der Waals surface area (Å²) >= 11 is 3.43. The average Bonchev–Trinajstić information content (AvgIpc) is 3.49. The van der Waals surface area contributed by atoms with E-state index in [1.165, 1.54) is 9.40 Å². The Morgan fingerprint density at radius 1 is 0.583 bits per heavy atom. The molecule has 5 nitrogen and oxygen atoms in total. The summed E-state index contributed by atoms with van der Waals surface area (Å²) in [5, 5.41) is 7.97. The predicted molar refractivity (Wildman–Crippen MR) is 150 cm³/mol. The molecule has 0 saturated carbocycles. The maximum atomic E-state index is 12.5. The van der Waals surface area contributed by atoms with E-state index in [9.17, 15) is 4.79 Å². The Balaban J connectivity index is 1.03. The zero-order chi connectivity index (χ0) is 24.3. The van der Waals surface area contributed by atoms with Crippen LogP contribution in [0.25, 0.3) is 20.4 Å². The molecule has 6 rings (SSSR count). The standard InChI is InChI=1S/C29H22N4OS2/c34-29(30-21-13-9-19(10-14-21)17-27-32-23-5-1-3-7-25(23)35-27)31-22-15-11-20(12-16-22)18-28-33-24-6-2-4-8-26(24)36-28/h1-16H,17-18H2,(H2,30,31,34). The van der Waals surface area contributed by atoms with E-state index in [0.717, 1.165) is 56.4 Å². The highest BCUT2D eigenvalue weighted by Gasteiger charge is 2.08. The molecular weight excluding hydrogens is 484 g/mol. The highest BCUT2D eigenvalue weighted by atomic mass is 32.1. The number of aromatic nitrogens is 2. The number of anilines is 2. The van der Waals surface area contributed by atoms with Crippen LogP contribution >= 0.6 is 22.7 Å². The zero-order valence-corrected chi connectivity index (χ0v) is 20.9. The summed E-state index contributed by atoms with van der Waals surface area (Å²) in [5.74, 6) is 0. The molecule has 0 aliphatic rings. The summed E-state index contributed by atoms with van der Waals surface area (Å²) in [6, 6.07) is 31.9. The molecule has 0 unspecified atom stereocenters. The molecule has 2 heterocycles. The monoisotopic (exact) mass is 506 g/mol. The number of hydrogen-bond acceptors (Lipinski definition) is 5. The lowest BCUT2D eigenvalue weighted by molar-refractivity contribution is 0.262. The first-order valence-corrected chi connectivity index (χ1v) is 13.3. The van der Waals surface area contributed by atoms with Crippen LogP contribution in [0.4, 0.5) is 16.2 Å². The van der Waals surface area contributed by atoms with E-state index in [2.05, 4.69) is 22.8 Å². The minimum absolute atomic E-state index is 0.271. The molecule has 0 spiro atoms. The van der Waals surface area contributed by atoms with Gasteiger partial charge in [0, 0.05) is 24.2 Å². The average molecular weight is 507 g/mol. The van der Waals surface area contributed by atoms with Crippen molar-refractivity contribution >= 4 is 60.5 Å². The van der Waals surface area contributed by atoms with Crippen molar-refractivity contribution < 1.29 is 4.79 Å². The van der Waals surface area contributed by atoms with Crippen LogP contribution in [0.15, 0.2) is 97.1 Å². The number of fused-ring (bicyclic) bond motifs is 2. The van der Waals surface area contributed by atoms with Gasteiger partial charge in [0.05, 0.1) is 30.4 Å². The van der Waals surface area contributed by atoms with Gasteiger partial charge in [-0.2, -0.15) is 0 Å². The number of carbonyl (C=O) groups excluding carboxylic acids is 1. The quantitative estimate of drug-likeness (QED) is 0.243. The summed E-state index contributed by atoms with van der Waals surface area (Å²) < 4.78 is 2.40. The number of urea groups is 1. The number of hydrogen-bond donors (Lipinski definition) is 2. The van der Waals surface area contributed by atoms with Crippen molar-refractivity contribution in [2.24, 2.45) is 0 Å². The normalized spacial score (nSPS) is 11.1. The number of para-hydroxylation sites is 2. The highest BCUT2D eigenvalue weighted by molar-refractivity contribution is 7.18. The van der Waals surface area contributed by atoms with Crippen molar-refractivity contribution in [2.75, 3.05) is 10.6 Å². The number of nitrogens with one attached hydrogen (secondary N) is 2. The maximum Gasteiger partial charge on any atom is 0.323 e. The molecule has 0 radical (unpaired) electrons. The van der Waals surface area contributed by atoms with E-state index >= 15 is 0 Å². The van der Waals surface area contributed by atoms with Crippen molar-refractivity contribution in [3.05, 3.63) is 118 Å². The zero-order valence-electron chi connectivity index (χ0n) is 19.3. The number of nitrogens with zero attached hydrogens (tertiary/aromatic N) is 2. The van der Waals surface area contributed by atoms with E-state index < -0.39 is 0 Å². The van der Waals surface area contributed by atoms with Crippen LogP contribution in [0.1, 0.15) is 21.1 Å². The molecule has 0 atom stereocenters. The van der Waals surface area contributed by atoms with Crippen LogP contribution in [-0.2, 0) is 12.8 Å². The summed E-state index contributed by atoms with van der Waals surface area (Å²) in [7, 11) is 0. The molecule has 7 heteroatoms. The minimum atomic E-state index is -0.271. The maximum absolute atomic E-state index is 12.5. The summed E-state index contributed by atoms with van der Waals surface area (Å²) in [5.41, 5.74) is 5.88. The largest absolute Gasteiger partial charge is 0.323 e. The van der Waals surface area contributed by atoms with Crippen molar-refractivity contribution in [3.63, 3.8) is 0 Å². The van der Waals surface area contributed by atoms with Gasteiger partial charge in [0.15, 0.2) is 0 Å². The second-order valence-electron chi connectivity index (χ2n) is 8.48. The molecule has 36 heavy (non-hydrogen) atoms. The lowest BCUT2D eigenvalue weighted by Crippen LogP contribution is -2.19. The van der Waals surface area contributed by atoms with E-state index in [1.807, 2.05) is 84.9 Å². The van der Waals surface area contributed by atoms with Gasteiger partial charge in [0.2, 0.25) is 0 Å². The molecule has 2 amide bonds. The molecule has 0 aliphatic heterocycles. The summed E-state index contributed by atoms with van der Waals surface area (Å²) in [4.78, 5) is 21.9. The molecular formula is C29H22N4OS2. The van der Waals surface area contributed by atoms with Crippen LogP contribution in [0, 0.1) is 0 Å². The van der Waals surface area contributed by atoms with Crippen LogP contribution in [-0.4, -0.2) is 16.0 Å². The Kier molecular flexibility index (Phi) is 6.15. The van der Waals surface area contributed by atoms with Crippen LogP contribution in [0.5, 0.6) is 0 Å². The highest BCUT2D eigenvalue weighted by Crippen LogP contribution is 2.25. The second kappa shape index (κ2) is 9.89. The molecule has 0 fully saturated rings. The molecule has 2 aromatic heterocycles. The fraction of sp³-hybridized carbons (Fsp3) is 0.0690. The predicted octanol–water partition coefficient (Wildman–Crippen LogP) is 7.73. The van der Waals surface area contributed by atoms with E-state index in [4.69, 9.17) is 9.97 Å². The third-order valence-corrected chi connectivity index (χ3v) is 7.88. The van der Waals surface area contributed by atoms with Gasteiger partial charge < -0.3 is 10.6 Å². The third-order valence-electron chi connectivity index (χ3n) is 5.81. The first-order valence-electron chi connectivity index (χ1n) is 11.6. The number of carbonyl (C=O) groups is 1. The molecule has 0 aliphatic carbocycles. The van der Waals surface area contributed by atoms with Crippen molar-refractivity contribution in [1.82, 2.24) is 9.97 Å². The summed E-state index contributed by atoms with van der Waals surface area (Å²) in [6.07, 6.45) is 1.55. The molecule has 0 bridgehead atoms. The molecule has 176 valence electrons. The Hall–Kier alpha value is -4.07.